The fourth-order valence-electron chi connectivity index (χ4n) is 1.67. The van der Waals surface area contributed by atoms with Crippen LogP contribution in [0.15, 0.2) is 0 Å². The summed E-state index contributed by atoms with van der Waals surface area (Å²) in [5.41, 5.74) is 2.24. The van der Waals surface area contributed by atoms with Crippen molar-refractivity contribution in [2.45, 2.75) is 46.1 Å². The van der Waals surface area contributed by atoms with Gasteiger partial charge in [-0.2, -0.15) is 0 Å². The smallest absolute Gasteiger partial charge is 0.251 e. The van der Waals surface area contributed by atoms with Crippen LogP contribution in [0.5, 0.6) is 0 Å². The van der Waals surface area contributed by atoms with Crippen LogP contribution in [0, 0.1) is 0 Å². The molecule has 0 aliphatic rings. The first-order valence-electron chi connectivity index (χ1n) is 5.45. The Hall–Kier alpha value is -0.610. The summed E-state index contributed by atoms with van der Waals surface area (Å²) in [5, 5.41) is 0. The van der Waals surface area contributed by atoms with Crippen molar-refractivity contribution in [2.75, 3.05) is 13.1 Å². The molecule has 0 fully saturated rings. The number of rotatable bonds is 7. The summed E-state index contributed by atoms with van der Waals surface area (Å²) in [5.74, 6) is 5.10. The van der Waals surface area contributed by atoms with Gasteiger partial charge < -0.3 is 0 Å². The van der Waals surface area contributed by atoms with Gasteiger partial charge in [-0.25, -0.2) is 5.84 Å². The molecule has 0 aromatic carbocycles. The summed E-state index contributed by atoms with van der Waals surface area (Å²) in [4.78, 5) is 13.7. The summed E-state index contributed by atoms with van der Waals surface area (Å²) < 4.78 is 0. The molecule has 3 N–H and O–H groups in total. The highest BCUT2D eigenvalue weighted by atomic mass is 16.2. The van der Waals surface area contributed by atoms with E-state index in [1.165, 1.54) is 0 Å². The van der Waals surface area contributed by atoms with Crippen molar-refractivity contribution in [3.63, 3.8) is 0 Å². The van der Waals surface area contributed by atoms with Gasteiger partial charge in [0.2, 0.25) is 0 Å². The Bertz CT molecular complexity index is 161. The van der Waals surface area contributed by atoms with Gasteiger partial charge in [0.1, 0.15) is 0 Å². The maximum Gasteiger partial charge on any atom is 0.251 e. The number of hydrogen-bond acceptors (Lipinski definition) is 3. The maximum atomic E-state index is 11.5. The van der Waals surface area contributed by atoms with Crippen LogP contribution in [0.2, 0.25) is 0 Å². The van der Waals surface area contributed by atoms with Gasteiger partial charge in [0.15, 0.2) is 0 Å². The highest BCUT2D eigenvalue weighted by molar-refractivity contribution is 5.81. The molecule has 0 aliphatic heterocycles. The van der Waals surface area contributed by atoms with Crippen LogP contribution < -0.4 is 11.3 Å². The highest BCUT2D eigenvalue weighted by Gasteiger charge is 2.22. The molecule has 1 amide bonds. The molecule has 0 aromatic heterocycles. The lowest BCUT2D eigenvalue weighted by atomic mass is 10.1. The van der Waals surface area contributed by atoms with Crippen LogP contribution in [-0.2, 0) is 4.79 Å². The number of carbonyl (C=O) groups is 1. The van der Waals surface area contributed by atoms with Gasteiger partial charge >= 0.3 is 0 Å². The van der Waals surface area contributed by atoms with Crippen molar-refractivity contribution in [1.29, 1.82) is 0 Å². The van der Waals surface area contributed by atoms with Crippen LogP contribution >= 0.6 is 0 Å². The van der Waals surface area contributed by atoms with E-state index in [0.717, 1.165) is 32.4 Å². The SMILES string of the molecule is CCCC(C(=O)NN)N(CC)CCC. The Morgan fingerprint density at radius 2 is 2.00 bits per heavy atom. The average Bonchev–Trinajstić information content (AvgIpc) is 2.22. The Labute approximate surface area is 86.8 Å². The third kappa shape index (κ3) is 4.07. The van der Waals surface area contributed by atoms with Crippen LogP contribution in [-0.4, -0.2) is 29.9 Å². The molecule has 0 bridgehead atoms. The minimum atomic E-state index is -0.0675. The van der Waals surface area contributed by atoms with Gasteiger partial charge in [-0.05, 0) is 25.9 Å². The molecule has 0 spiro atoms. The minimum Gasteiger partial charge on any atom is -0.293 e. The van der Waals surface area contributed by atoms with E-state index in [4.69, 9.17) is 5.84 Å². The third-order valence-corrected chi connectivity index (χ3v) is 2.36. The topological polar surface area (TPSA) is 58.4 Å². The Morgan fingerprint density at radius 1 is 1.36 bits per heavy atom. The summed E-state index contributed by atoms with van der Waals surface area (Å²) in [6.07, 6.45) is 2.93. The van der Waals surface area contributed by atoms with Gasteiger partial charge in [0.05, 0.1) is 6.04 Å². The molecule has 0 aliphatic carbocycles. The second-order valence-electron chi connectivity index (χ2n) is 3.44. The second kappa shape index (κ2) is 7.76. The molecule has 1 atom stereocenters. The van der Waals surface area contributed by atoms with Gasteiger partial charge in [-0.1, -0.05) is 27.2 Å². The molecule has 0 radical (unpaired) electrons. The quantitative estimate of drug-likeness (QED) is 0.365. The van der Waals surface area contributed by atoms with Gasteiger partial charge in [0, 0.05) is 0 Å². The zero-order valence-electron chi connectivity index (χ0n) is 9.55. The van der Waals surface area contributed by atoms with Crippen molar-refractivity contribution < 1.29 is 4.79 Å². The van der Waals surface area contributed by atoms with Crippen LogP contribution in [0.4, 0.5) is 0 Å². The standard InChI is InChI=1S/C10H23N3O/c1-4-7-9(10(14)12-11)13(6-3)8-5-2/h9H,4-8,11H2,1-3H3,(H,12,14). The summed E-state index contributed by atoms with van der Waals surface area (Å²) in [7, 11) is 0. The lowest BCUT2D eigenvalue weighted by molar-refractivity contribution is -0.126. The van der Waals surface area contributed by atoms with E-state index in [1.807, 2.05) is 0 Å². The number of amides is 1. The molecule has 0 saturated carbocycles. The number of hydrogen-bond donors (Lipinski definition) is 2. The first kappa shape index (κ1) is 13.4. The van der Waals surface area contributed by atoms with E-state index < -0.39 is 0 Å². The van der Waals surface area contributed by atoms with Gasteiger partial charge in [-0.15, -0.1) is 0 Å². The molecule has 0 saturated heterocycles. The van der Waals surface area contributed by atoms with E-state index in [1.54, 1.807) is 0 Å². The monoisotopic (exact) mass is 201 g/mol. The number of nitrogens with two attached hydrogens (primary N) is 1. The van der Waals surface area contributed by atoms with Crippen LogP contribution in [0.1, 0.15) is 40.0 Å². The highest BCUT2D eigenvalue weighted by Crippen LogP contribution is 2.07. The third-order valence-electron chi connectivity index (χ3n) is 2.36. The van der Waals surface area contributed by atoms with Crippen molar-refractivity contribution >= 4 is 5.91 Å². The lowest BCUT2D eigenvalue weighted by Gasteiger charge is -2.28. The molecule has 4 heteroatoms. The normalized spacial score (nSPS) is 12.9. The van der Waals surface area contributed by atoms with Crippen molar-refractivity contribution in [1.82, 2.24) is 10.3 Å². The number of likely N-dealkylation sites (N-methyl/N-ethyl adjacent to an activating group) is 1. The summed E-state index contributed by atoms with van der Waals surface area (Å²) >= 11 is 0. The maximum absolute atomic E-state index is 11.5. The Balaban J connectivity index is 4.33. The molecular weight excluding hydrogens is 178 g/mol. The first-order chi connectivity index (χ1) is 6.71. The van der Waals surface area contributed by atoms with Gasteiger partial charge in [-0.3, -0.25) is 15.1 Å². The zero-order valence-corrected chi connectivity index (χ0v) is 9.55. The minimum absolute atomic E-state index is 0.0602. The Kier molecular flexibility index (Phi) is 7.42. The number of nitrogens with one attached hydrogen (secondary N) is 1. The van der Waals surface area contributed by atoms with Crippen molar-refractivity contribution in [3.05, 3.63) is 0 Å². The number of carbonyl (C=O) groups excluding carboxylic acids is 1. The lowest BCUT2D eigenvalue weighted by Crippen LogP contribution is -2.49. The second-order valence-corrected chi connectivity index (χ2v) is 3.44. The fraction of sp³-hybridized carbons (Fsp3) is 0.900. The first-order valence-corrected chi connectivity index (χ1v) is 5.45. The molecule has 0 rings (SSSR count). The van der Waals surface area contributed by atoms with E-state index >= 15 is 0 Å². The van der Waals surface area contributed by atoms with Gasteiger partial charge in [0.25, 0.3) is 5.91 Å². The molecular formula is C10H23N3O. The van der Waals surface area contributed by atoms with E-state index in [0.29, 0.717) is 0 Å². The zero-order chi connectivity index (χ0) is 11.0. The molecule has 0 aromatic rings. The number of hydrazine groups is 1. The van der Waals surface area contributed by atoms with E-state index in [-0.39, 0.29) is 11.9 Å². The van der Waals surface area contributed by atoms with Crippen LogP contribution in [0.3, 0.4) is 0 Å². The van der Waals surface area contributed by atoms with Crippen LogP contribution in [0.25, 0.3) is 0 Å². The van der Waals surface area contributed by atoms with Crippen molar-refractivity contribution in [3.8, 4) is 0 Å². The predicted molar refractivity (Wildman–Crippen MR) is 58.6 cm³/mol. The number of nitrogens with zero attached hydrogens (tertiary/aromatic N) is 1. The summed E-state index contributed by atoms with van der Waals surface area (Å²) in [6.45, 7) is 8.12. The predicted octanol–water partition coefficient (Wildman–Crippen LogP) is 0.877. The molecule has 1 unspecified atom stereocenters. The molecule has 14 heavy (non-hydrogen) atoms. The van der Waals surface area contributed by atoms with E-state index in [9.17, 15) is 4.79 Å². The summed E-state index contributed by atoms with van der Waals surface area (Å²) in [6, 6.07) is -0.0602. The average molecular weight is 201 g/mol. The largest absolute Gasteiger partial charge is 0.293 e. The van der Waals surface area contributed by atoms with E-state index in [2.05, 4.69) is 31.1 Å². The molecule has 0 heterocycles. The fourth-order valence-corrected chi connectivity index (χ4v) is 1.67. The Morgan fingerprint density at radius 3 is 2.36 bits per heavy atom. The molecule has 4 nitrogen and oxygen atoms in total. The molecule has 84 valence electrons. The van der Waals surface area contributed by atoms with Crippen molar-refractivity contribution in [2.24, 2.45) is 5.84 Å².